The van der Waals surface area contributed by atoms with Crippen molar-refractivity contribution in [2.24, 2.45) is 0 Å². The molecule has 18 heavy (non-hydrogen) atoms. The quantitative estimate of drug-likeness (QED) is 0.455. The van der Waals surface area contributed by atoms with E-state index in [-0.39, 0.29) is 4.90 Å². The van der Waals surface area contributed by atoms with Gasteiger partial charge in [-0.3, -0.25) is 0 Å². The average molecular weight is 270 g/mol. The molecule has 1 rings (SSSR count). The smallest absolute Gasteiger partial charge is 0.338 e. The van der Waals surface area contributed by atoms with Crippen molar-refractivity contribution in [2.45, 2.75) is 43.9 Å². The van der Waals surface area contributed by atoms with Gasteiger partial charge in [0.2, 0.25) is 0 Å². The van der Waals surface area contributed by atoms with Gasteiger partial charge in [0.05, 0.1) is 12.2 Å². The van der Waals surface area contributed by atoms with E-state index >= 15 is 0 Å². The van der Waals surface area contributed by atoms with E-state index in [1.54, 1.807) is 0 Å². The van der Waals surface area contributed by atoms with Crippen LogP contribution < -0.4 is 0 Å². The number of carbonyl (C=O) groups is 1. The number of ether oxygens (including phenoxy) is 1. The molecule has 0 spiro atoms. The first-order valence-electron chi connectivity index (χ1n) is 6.30. The van der Waals surface area contributed by atoms with Gasteiger partial charge in [0.15, 0.2) is 0 Å². The standard InChI is InChI=1S/C14H19FO2S/c1-2-3-4-5-6-9-17-14(16)11-7-8-12(15)13(18)10-11/h7-8,10,18H,2-6,9H2,1H3. The SMILES string of the molecule is CCCCCCCOC(=O)c1ccc(F)c(S)c1. The third kappa shape index (κ3) is 5.08. The number of rotatable bonds is 7. The van der Waals surface area contributed by atoms with Crippen LogP contribution in [0, 0.1) is 5.82 Å². The van der Waals surface area contributed by atoms with Crippen LogP contribution in [0.15, 0.2) is 23.1 Å². The minimum Gasteiger partial charge on any atom is -0.462 e. The van der Waals surface area contributed by atoms with Gasteiger partial charge < -0.3 is 4.74 Å². The Bertz CT molecular complexity index is 393. The van der Waals surface area contributed by atoms with Crippen LogP contribution >= 0.6 is 12.6 Å². The maximum Gasteiger partial charge on any atom is 0.338 e. The first kappa shape index (κ1) is 15.0. The predicted octanol–water partition coefficient (Wildman–Crippen LogP) is 4.24. The lowest BCUT2D eigenvalue weighted by Crippen LogP contribution is -2.06. The molecular weight excluding hydrogens is 251 g/mol. The van der Waals surface area contributed by atoms with Gasteiger partial charge in [0, 0.05) is 4.90 Å². The summed E-state index contributed by atoms with van der Waals surface area (Å²) in [6, 6.07) is 4.02. The Morgan fingerprint density at radius 3 is 2.67 bits per heavy atom. The summed E-state index contributed by atoms with van der Waals surface area (Å²) >= 11 is 3.93. The predicted molar refractivity (Wildman–Crippen MR) is 72.7 cm³/mol. The summed E-state index contributed by atoms with van der Waals surface area (Å²) in [6.45, 7) is 2.57. The molecule has 0 atom stereocenters. The lowest BCUT2D eigenvalue weighted by atomic mass is 10.2. The number of halogens is 1. The molecule has 0 amide bonds. The van der Waals surface area contributed by atoms with Gasteiger partial charge >= 0.3 is 5.97 Å². The fourth-order valence-corrected chi connectivity index (χ4v) is 1.81. The maximum atomic E-state index is 13.0. The Kier molecular flexibility index (Phi) is 6.80. The third-order valence-corrected chi connectivity index (χ3v) is 3.01. The van der Waals surface area contributed by atoms with Crippen molar-refractivity contribution >= 4 is 18.6 Å². The molecule has 4 heteroatoms. The number of benzene rings is 1. The zero-order valence-electron chi connectivity index (χ0n) is 10.6. The van der Waals surface area contributed by atoms with Gasteiger partial charge in [0.1, 0.15) is 5.82 Å². The molecule has 0 heterocycles. The maximum absolute atomic E-state index is 13.0. The number of esters is 1. The molecular formula is C14H19FO2S. The number of hydrogen-bond acceptors (Lipinski definition) is 3. The van der Waals surface area contributed by atoms with Crippen molar-refractivity contribution in [3.8, 4) is 0 Å². The highest BCUT2D eigenvalue weighted by Gasteiger charge is 2.09. The van der Waals surface area contributed by atoms with Gasteiger partial charge in [-0.15, -0.1) is 12.6 Å². The Morgan fingerprint density at radius 2 is 2.00 bits per heavy atom. The summed E-state index contributed by atoms with van der Waals surface area (Å²) in [5, 5.41) is 0. The number of carbonyl (C=O) groups excluding carboxylic acids is 1. The highest BCUT2D eigenvalue weighted by molar-refractivity contribution is 7.80. The second-order valence-corrected chi connectivity index (χ2v) is 4.70. The van der Waals surface area contributed by atoms with Crippen molar-refractivity contribution in [3.05, 3.63) is 29.6 Å². The van der Waals surface area contributed by atoms with Crippen LogP contribution in [0.25, 0.3) is 0 Å². The van der Waals surface area contributed by atoms with Gasteiger partial charge in [-0.1, -0.05) is 32.6 Å². The van der Waals surface area contributed by atoms with E-state index in [1.165, 1.54) is 37.5 Å². The van der Waals surface area contributed by atoms with Crippen molar-refractivity contribution in [3.63, 3.8) is 0 Å². The minimum atomic E-state index is -0.436. The van der Waals surface area contributed by atoms with E-state index < -0.39 is 11.8 Å². The minimum absolute atomic E-state index is 0.160. The molecule has 0 saturated carbocycles. The first-order chi connectivity index (χ1) is 8.65. The van der Waals surface area contributed by atoms with Gasteiger partial charge in [-0.25, -0.2) is 9.18 Å². The van der Waals surface area contributed by atoms with Crippen LogP contribution in [-0.2, 0) is 4.74 Å². The number of thiol groups is 1. The lowest BCUT2D eigenvalue weighted by Gasteiger charge is -2.05. The van der Waals surface area contributed by atoms with E-state index in [2.05, 4.69) is 19.6 Å². The fraction of sp³-hybridized carbons (Fsp3) is 0.500. The fourth-order valence-electron chi connectivity index (χ4n) is 1.59. The number of unbranched alkanes of at least 4 members (excludes halogenated alkanes) is 4. The molecule has 0 aromatic heterocycles. The Balaban J connectivity index is 2.30. The highest BCUT2D eigenvalue weighted by Crippen LogP contribution is 2.15. The molecule has 0 fully saturated rings. The van der Waals surface area contributed by atoms with Crippen LogP contribution in [0.3, 0.4) is 0 Å². The van der Waals surface area contributed by atoms with Crippen LogP contribution in [0.2, 0.25) is 0 Å². The summed E-state index contributed by atoms with van der Waals surface area (Å²) < 4.78 is 18.1. The molecule has 100 valence electrons. The molecule has 1 aromatic rings. The Morgan fingerprint density at radius 1 is 1.28 bits per heavy atom. The van der Waals surface area contributed by atoms with Gasteiger partial charge in [-0.05, 0) is 24.6 Å². The van der Waals surface area contributed by atoms with Crippen molar-refractivity contribution in [2.75, 3.05) is 6.61 Å². The molecule has 2 nitrogen and oxygen atoms in total. The third-order valence-electron chi connectivity index (χ3n) is 2.66. The van der Waals surface area contributed by atoms with Crippen LogP contribution in [0.1, 0.15) is 49.4 Å². The molecule has 0 aliphatic heterocycles. The Labute approximate surface area is 113 Å². The lowest BCUT2D eigenvalue weighted by molar-refractivity contribution is 0.0497. The summed E-state index contributed by atoms with van der Waals surface area (Å²) in [6.07, 6.45) is 5.53. The summed E-state index contributed by atoms with van der Waals surface area (Å²) in [5.41, 5.74) is 0.343. The normalized spacial score (nSPS) is 10.4. The molecule has 0 saturated heterocycles. The average Bonchev–Trinajstić information content (AvgIpc) is 2.36. The second kappa shape index (κ2) is 8.14. The number of hydrogen-bond donors (Lipinski definition) is 1. The van der Waals surface area contributed by atoms with E-state index in [0.717, 1.165) is 12.8 Å². The van der Waals surface area contributed by atoms with Gasteiger partial charge in [0.25, 0.3) is 0 Å². The zero-order chi connectivity index (χ0) is 13.4. The molecule has 0 bridgehead atoms. The van der Waals surface area contributed by atoms with Crippen molar-refractivity contribution in [1.29, 1.82) is 0 Å². The Hall–Kier alpha value is -1.03. The van der Waals surface area contributed by atoms with E-state index in [4.69, 9.17) is 4.74 Å². The van der Waals surface area contributed by atoms with E-state index in [0.29, 0.717) is 12.2 Å². The van der Waals surface area contributed by atoms with Crippen LogP contribution in [0.4, 0.5) is 4.39 Å². The topological polar surface area (TPSA) is 26.3 Å². The van der Waals surface area contributed by atoms with E-state index in [9.17, 15) is 9.18 Å². The molecule has 0 unspecified atom stereocenters. The van der Waals surface area contributed by atoms with Crippen LogP contribution in [0.5, 0.6) is 0 Å². The zero-order valence-corrected chi connectivity index (χ0v) is 11.5. The summed E-state index contributed by atoms with van der Waals surface area (Å²) in [7, 11) is 0. The van der Waals surface area contributed by atoms with Gasteiger partial charge in [-0.2, -0.15) is 0 Å². The van der Waals surface area contributed by atoms with Crippen LogP contribution in [-0.4, -0.2) is 12.6 Å². The van der Waals surface area contributed by atoms with E-state index in [1.807, 2.05) is 0 Å². The highest BCUT2D eigenvalue weighted by atomic mass is 32.1. The molecule has 0 radical (unpaired) electrons. The molecule has 0 aliphatic carbocycles. The first-order valence-corrected chi connectivity index (χ1v) is 6.75. The summed E-state index contributed by atoms with van der Waals surface area (Å²) in [4.78, 5) is 11.8. The second-order valence-electron chi connectivity index (χ2n) is 4.22. The molecule has 1 aromatic carbocycles. The van der Waals surface area contributed by atoms with Crippen molar-refractivity contribution < 1.29 is 13.9 Å². The van der Waals surface area contributed by atoms with Crippen molar-refractivity contribution in [1.82, 2.24) is 0 Å². The molecule has 0 aliphatic rings. The summed E-state index contributed by atoms with van der Waals surface area (Å²) in [5.74, 6) is -0.852. The monoisotopic (exact) mass is 270 g/mol. The largest absolute Gasteiger partial charge is 0.462 e. The molecule has 0 N–H and O–H groups in total.